The molecule has 0 saturated carbocycles. The Morgan fingerprint density at radius 3 is 2.14 bits per heavy atom. The Kier molecular flexibility index (Phi) is 10.0. The lowest BCUT2D eigenvalue weighted by atomic mass is 10.1. The van der Waals surface area contributed by atoms with Crippen molar-refractivity contribution >= 4 is 35.6 Å². The first kappa shape index (κ1) is 32.3. The van der Waals surface area contributed by atoms with Crippen molar-refractivity contribution in [2.24, 2.45) is 0 Å². The molecule has 2 aromatic carbocycles. The lowest BCUT2D eigenvalue weighted by Gasteiger charge is -2.28. The van der Waals surface area contributed by atoms with Crippen LogP contribution in [0.2, 0.25) is 30.7 Å². The van der Waals surface area contributed by atoms with E-state index in [1.54, 1.807) is 65.2 Å². The number of aliphatic hydroxyl groups is 1. The summed E-state index contributed by atoms with van der Waals surface area (Å²) in [5, 5.41) is 20.3. The number of nitrogens with zero attached hydrogens (tertiary/aromatic N) is 5. The van der Waals surface area contributed by atoms with Gasteiger partial charge in [0.25, 0.3) is 0 Å². The summed E-state index contributed by atoms with van der Waals surface area (Å²) >= 11 is 6.01. The van der Waals surface area contributed by atoms with Crippen molar-refractivity contribution in [1.82, 2.24) is 19.7 Å². The summed E-state index contributed by atoms with van der Waals surface area (Å²) in [6, 6.07) is 17.4. The molecule has 0 spiro atoms. The number of anilines is 1. The Labute approximate surface area is 258 Å². The Morgan fingerprint density at radius 1 is 0.930 bits per heavy atom. The van der Waals surface area contributed by atoms with Crippen LogP contribution in [0.4, 0.5) is 5.95 Å². The molecule has 1 atom stereocenters. The van der Waals surface area contributed by atoms with Gasteiger partial charge < -0.3 is 19.3 Å². The highest BCUT2D eigenvalue weighted by atomic mass is 35.5. The highest BCUT2D eigenvalue weighted by Crippen LogP contribution is 2.39. The van der Waals surface area contributed by atoms with Crippen LogP contribution >= 0.6 is 11.6 Å². The molecule has 4 rings (SSSR count). The van der Waals surface area contributed by atoms with E-state index >= 15 is 0 Å². The second-order valence-corrected chi connectivity index (χ2v) is 19.0. The van der Waals surface area contributed by atoms with Crippen LogP contribution in [0.15, 0.2) is 60.7 Å². The summed E-state index contributed by atoms with van der Waals surface area (Å²) in [5.74, 6) is 0.784. The minimum atomic E-state index is -4.18. The van der Waals surface area contributed by atoms with E-state index in [9.17, 15) is 13.5 Å². The van der Waals surface area contributed by atoms with Gasteiger partial charge in [0.05, 0.1) is 33.2 Å². The standard InChI is InChI=1S/C29H36ClN5O6SSi/c1-39-24-10-8-11-25(40-2)27(24)35-28(22-9-7-12-26(31-22)41-3)32-33-29(35)34(17-18-43(4,5)6)42(37,38)19-23(36)20-13-15-21(30)16-14-20/h7-16,23,36H,17-19H2,1-6H3/t23-/m0/s1. The van der Waals surface area contributed by atoms with Gasteiger partial charge in [-0.1, -0.05) is 55.5 Å². The minimum Gasteiger partial charge on any atom is -0.494 e. The molecule has 2 aromatic heterocycles. The quantitative estimate of drug-likeness (QED) is 0.195. The molecule has 2 heterocycles. The molecule has 0 aliphatic heterocycles. The number of halogens is 1. The molecule has 0 bridgehead atoms. The number of aromatic nitrogens is 4. The average Bonchev–Trinajstić information content (AvgIpc) is 3.40. The zero-order valence-electron chi connectivity index (χ0n) is 25.0. The molecule has 4 aromatic rings. The van der Waals surface area contributed by atoms with Crippen LogP contribution < -0.4 is 18.5 Å². The van der Waals surface area contributed by atoms with Crippen molar-refractivity contribution < 1.29 is 27.7 Å². The monoisotopic (exact) mass is 645 g/mol. The number of benzene rings is 2. The van der Waals surface area contributed by atoms with Gasteiger partial charge in [-0.05, 0) is 41.9 Å². The molecule has 0 aliphatic rings. The van der Waals surface area contributed by atoms with Gasteiger partial charge in [-0.25, -0.2) is 17.7 Å². The highest BCUT2D eigenvalue weighted by Gasteiger charge is 2.34. The van der Waals surface area contributed by atoms with E-state index in [4.69, 9.17) is 25.8 Å². The zero-order valence-corrected chi connectivity index (χ0v) is 27.6. The number of para-hydroxylation sites is 1. The summed E-state index contributed by atoms with van der Waals surface area (Å²) in [7, 11) is -1.43. The second-order valence-electron chi connectivity index (χ2n) is 11.0. The molecule has 0 radical (unpaired) electrons. The number of pyridine rings is 1. The average molecular weight is 646 g/mol. The summed E-state index contributed by atoms with van der Waals surface area (Å²) in [6.45, 7) is 6.58. The first-order valence-electron chi connectivity index (χ1n) is 13.5. The van der Waals surface area contributed by atoms with E-state index in [2.05, 4.69) is 34.8 Å². The molecule has 43 heavy (non-hydrogen) atoms. The fraction of sp³-hybridized carbons (Fsp3) is 0.345. The van der Waals surface area contributed by atoms with Crippen molar-refractivity contribution in [3.05, 3.63) is 71.2 Å². The maximum Gasteiger partial charge on any atom is 0.246 e. The molecular formula is C29H36ClN5O6SSi. The van der Waals surface area contributed by atoms with Gasteiger partial charge in [0.15, 0.2) is 5.82 Å². The predicted molar refractivity (Wildman–Crippen MR) is 170 cm³/mol. The van der Waals surface area contributed by atoms with Crippen molar-refractivity contribution in [1.29, 1.82) is 0 Å². The van der Waals surface area contributed by atoms with E-state index in [-0.39, 0.29) is 18.3 Å². The number of methoxy groups -OCH3 is 3. The summed E-state index contributed by atoms with van der Waals surface area (Å²) in [5.41, 5.74) is 1.20. The van der Waals surface area contributed by atoms with E-state index in [1.807, 2.05) is 0 Å². The third-order valence-corrected chi connectivity index (χ3v) is 10.4. The van der Waals surface area contributed by atoms with Gasteiger partial charge >= 0.3 is 0 Å². The number of hydrogen-bond acceptors (Lipinski definition) is 9. The molecule has 14 heteroatoms. The number of hydrogen-bond donors (Lipinski definition) is 1. The largest absolute Gasteiger partial charge is 0.494 e. The van der Waals surface area contributed by atoms with Gasteiger partial charge in [0.1, 0.15) is 22.9 Å². The van der Waals surface area contributed by atoms with Gasteiger partial charge in [0.2, 0.25) is 21.9 Å². The zero-order chi connectivity index (χ0) is 31.4. The fourth-order valence-electron chi connectivity index (χ4n) is 4.39. The van der Waals surface area contributed by atoms with Gasteiger partial charge in [0, 0.05) is 25.7 Å². The van der Waals surface area contributed by atoms with E-state index < -0.39 is 30.0 Å². The van der Waals surface area contributed by atoms with Crippen LogP contribution in [0, 0.1) is 0 Å². The van der Waals surface area contributed by atoms with Crippen LogP contribution in [0.25, 0.3) is 17.2 Å². The number of aliphatic hydroxyl groups excluding tert-OH is 1. The molecule has 0 aliphatic carbocycles. The first-order valence-corrected chi connectivity index (χ1v) is 19.2. The van der Waals surface area contributed by atoms with Crippen LogP contribution in [0.3, 0.4) is 0 Å². The second kappa shape index (κ2) is 13.3. The number of sulfonamides is 1. The van der Waals surface area contributed by atoms with Crippen molar-refractivity contribution in [2.75, 3.05) is 37.9 Å². The molecule has 0 unspecified atom stereocenters. The lowest BCUT2D eigenvalue weighted by molar-refractivity contribution is 0.201. The van der Waals surface area contributed by atoms with Gasteiger partial charge in [-0.2, -0.15) is 0 Å². The number of rotatable bonds is 13. The van der Waals surface area contributed by atoms with Crippen molar-refractivity contribution in [2.45, 2.75) is 31.8 Å². The third-order valence-electron chi connectivity index (χ3n) is 6.68. The smallest absolute Gasteiger partial charge is 0.246 e. The Bertz CT molecular complexity index is 1640. The van der Waals surface area contributed by atoms with E-state index in [1.165, 1.54) is 25.6 Å². The van der Waals surface area contributed by atoms with Crippen molar-refractivity contribution in [3.63, 3.8) is 0 Å². The maximum absolute atomic E-state index is 14.2. The predicted octanol–water partition coefficient (Wildman–Crippen LogP) is 5.22. The maximum atomic E-state index is 14.2. The van der Waals surface area contributed by atoms with Crippen LogP contribution in [-0.2, 0) is 10.0 Å². The third kappa shape index (κ3) is 7.47. The topological polar surface area (TPSA) is 129 Å². The van der Waals surface area contributed by atoms with Crippen molar-refractivity contribution in [3.8, 4) is 34.6 Å². The van der Waals surface area contributed by atoms with Gasteiger partial charge in [-0.15, -0.1) is 10.2 Å². The molecule has 0 amide bonds. The Balaban J connectivity index is 1.95. The number of ether oxygens (including phenoxy) is 3. The lowest BCUT2D eigenvalue weighted by Crippen LogP contribution is -2.40. The minimum absolute atomic E-state index is 0.00368. The molecule has 0 fully saturated rings. The summed E-state index contributed by atoms with van der Waals surface area (Å²) in [6.07, 6.45) is -1.31. The van der Waals surface area contributed by atoms with Crippen LogP contribution in [0.1, 0.15) is 11.7 Å². The summed E-state index contributed by atoms with van der Waals surface area (Å²) in [4.78, 5) is 4.53. The first-order chi connectivity index (χ1) is 20.4. The molecule has 0 saturated heterocycles. The molecular weight excluding hydrogens is 610 g/mol. The normalized spacial score (nSPS) is 12.6. The van der Waals surface area contributed by atoms with E-state index in [0.29, 0.717) is 45.4 Å². The molecule has 1 N–H and O–H groups in total. The highest BCUT2D eigenvalue weighted by molar-refractivity contribution is 7.92. The fourth-order valence-corrected chi connectivity index (χ4v) is 7.08. The van der Waals surface area contributed by atoms with Gasteiger partial charge in [-0.3, -0.25) is 4.57 Å². The Morgan fingerprint density at radius 2 is 1.56 bits per heavy atom. The molecule has 11 nitrogen and oxygen atoms in total. The molecule has 230 valence electrons. The summed E-state index contributed by atoms with van der Waals surface area (Å²) < 4.78 is 47.9. The Hall–Kier alpha value is -3.65. The van der Waals surface area contributed by atoms with E-state index in [0.717, 1.165) is 0 Å². The van der Waals surface area contributed by atoms with Crippen LogP contribution in [-0.4, -0.2) is 75.0 Å². The SMILES string of the molecule is COc1cccc(-c2nnc(N(CC[Si](C)(C)C)S(=O)(=O)C[C@H](O)c3ccc(Cl)cc3)n2-c2c(OC)cccc2OC)n1. The van der Waals surface area contributed by atoms with Crippen LogP contribution in [0.5, 0.6) is 17.4 Å².